The molecule has 1 saturated carbocycles. The predicted octanol–water partition coefficient (Wildman–Crippen LogP) is 2.09. The van der Waals surface area contributed by atoms with Crippen LogP contribution < -0.4 is 10.6 Å². The number of carbonyl (C=O) groups excluding carboxylic acids is 1. The summed E-state index contributed by atoms with van der Waals surface area (Å²) in [5.41, 5.74) is 0. The summed E-state index contributed by atoms with van der Waals surface area (Å²) in [7, 11) is 1.52. The average molecular weight is 282 g/mol. The molecule has 1 aliphatic heterocycles. The predicted molar refractivity (Wildman–Crippen MR) is 80.6 cm³/mol. The summed E-state index contributed by atoms with van der Waals surface area (Å²) in [6.07, 6.45) is 9.56. The standard InChI is InChI=1S/C16H30N2O2/c1-20-16(19)14-6-4-2-3-5-7-15(14)18-12-13-8-10-17-11-9-13/h13-15,17-18H,2-12H2,1H3. The number of rotatable bonds is 4. The molecular weight excluding hydrogens is 252 g/mol. The maximum Gasteiger partial charge on any atom is 0.310 e. The number of ether oxygens (including phenoxy) is 1. The molecule has 0 aromatic carbocycles. The summed E-state index contributed by atoms with van der Waals surface area (Å²) in [4.78, 5) is 12.0. The van der Waals surface area contributed by atoms with Crippen LogP contribution in [0.2, 0.25) is 0 Å². The van der Waals surface area contributed by atoms with Crippen molar-refractivity contribution in [1.29, 1.82) is 0 Å². The van der Waals surface area contributed by atoms with Gasteiger partial charge in [0.15, 0.2) is 0 Å². The summed E-state index contributed by atoms with van der Waals surface area (Å²) < 4.78 is 5.02. The van der Waals surface area contributed by atoms with Gasteiger partial charge in [-0.2, -0.15) is 0 Å². The highest BCUT2D eigenvalue weighted by atomic mass is 16.5. The van der Waals surface area contributed by atoms with Gasteiger partial charge < -0.3 is 15.4 Å². The number of carbonyl (C=O) groups is 1. The van der Waals surface area contributed by atoms with E-state index in [9.17, 15) is 4.79 Å². The Balaban J connectivity index is 1.86. The third-order valence-electron chi connectivity index (χ3n) is 4.90. The van der Waals surface area contributed by atoms with Crippen LogP contribution in [0.1, 0.15) is 51.4 Å². The number of esters is 1. The van der Waals surface area contributed by atoms with E-state index < -0.39 is 0 Å². The molecule has 0 radical (unpaired) electrons. The summed E-state index contributed by atoms with van der Waals surface area (Å²) in [5.74, 6) is 0.803. The van der Waals surface area contributed by atoms with Crippen LogP contribution in [0.15, 0.2) is 0 Å². The lowest BCUT2D eigenvalue weighted by Gasteiger charge is -2.31. The van der Waals surface area contributed by atoms with Crippen molar-refractivity contribution in [3.63, 3.8) is 0 Å². The first-order chi connectivity index (χ1) is 9.81. The maximum absolute atomic E-state index is 12.0. The van der Waals surface area contributed by atoms with Gasteiger partial charge in [0.25, 0.3) is 0 Å². The lowest BCUT2D eigenvalue weighted by molar-refractivity contribution is -0.147. The molecule has 1 heterocycles. The number of hydrogen-bond acceptors (Lipinski definition) is 4. The van der Waals surface area contributed by atoms with Crippen molar-refractivity contribution in [2.75, 3.05) is 26.7 Å². The molecule has 20 heavy (non-hydrogen) atoms. The molecule has 0 aromatic heterocycles. The zero-order chi connectivity index (χ0) is 14.2. The summed E-state index contributed by atoms with van der Waals surface area (Å²) in [6, 6.07) is 0.317. The van der Waals surface area contributed by atoms with Crippen LogP contribution in [0.5, 0.6) is 0 Å². The molecule has 2 fully saturated rings. The van der Waals surface area contributed by atoms with Gasteiger partial charge in [-0.05, 0) is 51.2 Å². The Hall–Kier alpha value is -0.610. The second kappa shape index (κ2) is 8.63. The zero-order valence-corrected chi connectivity index (χ0v) is 12.8. The highest BCUT2D eigenvalue weighted by Crippen LogP contribution is 2.24. The van der Waals surface area contributed by atoms with Gasteiger partial charge in [0.05, 0.1) is 13.0 Å². The van der Waals surface area contributed by atoms with Crippen LogP contribution in [-0.4, -0.2) is 38.8 Å². The topological polar surface area (TPSA) is 50.4 Å². The first kappa shape index (κ1) is 15.8. The molecule has 1 saturated heterocycles. The van der Waals surface area contributed by atoms with Crippen molar-refractivity contribution in [2.24, 2.45) is 11.8 Å². The van der Waals surface area contributed by atoms with Crippen LogP contribution in [0.25, 0.3) is 0 Å². The van der Waals surface area contributed by atoms with Crippen LogP contribution in [0.4, 0.5) is 0 Å². The van der Waals surface area contributed by atoms with Gasteiger partial charge in [-0.3, -0.25) is 4.79 Å². The van der Waals surface area contributed by atoms with Crippen LogP contribution in [-0.2, 0) is 9.53 Å². The summed E-state index contributed by atoms with van der Waals surface area (Å²) in [6.45, 7) is 3.33. The van der Waals surface area contributed by atoms with Crippen molar-refractivity contribution in [3.05, 3.63) is 0 Å². The number of piperidine rings is 1. The number of nitrogens with one attached hydrogen (secondary N) is 2. The molecule has 2 atom stereocenters. The quantitative estimate of drug-likeness (QED) is 0.775. The van der Waals surface area contributed by atoms with E-state index in [1.54, 1.807) is 0 Å². The van der Waals surface area contributed by atoms with Crippen molar-refractivity contribution < 1.29 is 9.53 Å². The Morgan fingerprint density at radius 1 is 1.10 bits per heavy atom. The van der Waals surface area contributed by atoms with Crippen molar-refractivity contribution in [3.8, 4) is 0 Å². The Morgan fingerprint density at radius 3 is 2.50 bits per heavy atom. The normalized spacial score (nSPS) is 29.4. The average Bonchev–Trinajstić information content (AvgIpc) is 2.47. The molecule has 1 aliphatic carbocycles. The Morgan fingerprint density at radius 2 is 1.80 bits per heavy atom. The summed E-state index contributed by atoms with van der Waals surface area (Å²) in [5, 5.41) is 7.10. The molecule has 4 nitrogen and oxygen atoms in total. The Bertz CT molecular complexity index is 290. The van der Waals surface area contributed by atoms with Crippen molar-refractivity contribution >= 4 is 5.97 Å². The van der Waals surface area contributed by atoms with E-state index in [2.05, 4.69) is 10.6 Å². The highest BCUT2D eigenvalue weighted by molar-refractivity contribution is 5.73. The van der Waals surface area contributed by atoms with E-state index in [-0.39, 0.29) is 11.9 Å². The van der Waals surface area contributed by atoms with Gasteiger partial charge in [-0.25, -0.2) is 0 Å². The lowest BCUT2D eigenvalue weighted by atomic mass is 9.86. The fourth-order valence-corrected chi connectivity index (χ4v) is 3.57. The summed E-state index contributed by atoms with van der Waals surface area (Å²) >= 11 is 0. The fourth-order valence-electron chi connectivity index (χ4n) is 3.57. The minimum Gasteiger partial charge on any atom is -0.469 e. The van der Waals surface area contributed by atoms with Gasteiger partial charge >= 0.3 is 5.97 Å². The van der Waals surface area contributed by atoms with Gasteiger partial charge in [0, 0.05) is 6.04 Å². The molecule has 116 valence electrons. The first-order valence-electron chi connectivity index (χ1n) is 8.33. The van der Waals surface area contributed by atoms with Crippen LogP contribution in [0.3, 0.4) is 0 Å². The van der Waals surface area contributed by atoms with E-state index in [0.717, 1.165) is 44.8 Å². The Labute approximate surface area is 123 Å². The SMILES string of the molecule is COC(=O)C1CCCCCCC1NCC1CCNCC1. The van der Waals surface area contributed by atoms with E-state index in [4.69, 9.17) is 4.74 Å². The van der Waals surface area contributed by atoms with E-state index in [1.165, 1.54) is 39.2 Å². The smallest absolute Gasteiger partial charge is 0.310 e. The van der Waals surface area contributed by atoms with Gasteiger partial charge in [-0.1, -0.05) is 25.7 Å². The van der Waals surface area contributed by atoms with E-state index in [0.29, 0.717) is 6.04 Å². The molecule has 2 rings (SSSR count). The first-order valence-corrected chi connectivity index (χ1v) is 8.33. The van der Waals surface area contributed by atoms with Gasteiger partial charge in [-0.15, -0.1) is 0 Å². The van der Waals surface area contributed by atoms with Gasteiger partial charge in [0.1, 0.15) is 0 Å². The van der Waals surface area contributed by atoms with Crippen molar-refractivity contribution in [2.45, 2.75) is 57.4 Å². The van der Waals surface area contributed by atoms with Crippen LogP contribution in [0, 0.1) is 11.8 Å². The number of hydrogen-bond donors (Lipinski definition) is 2. The number of methoxy groups -OCH3 is 1. The fraction of sp³-hybridized carbons (Fsp3) is 0.938. The minimum absolute atomic E-state index is 0.0188. The molecule has 0 aromatic rings. The highest BCUT2D eigenvalue weighted by Gasteiger charge is 2.30. The molecule has 2 aliphatic rings. The molecular formula is C16H30N2O2. The van der Waals surface area contributed by atoms with Crippen molar-refractivity contribution in [1.82, 2.24) is 10.6 Å². The minimum atomic E-state index is -0.0188. The second-order valence-corrected chi connectivity index (χ2v) is 6.33. The zero-order valence-electron chi connectivity index (χ0n) is 12.8. The third-order valence-corrected chi connectivity index (χ3v) is 4.90. The van der Waals surface area contributed by atoms with E-state index in [1.807, 2.05) is 0 Å². The van der Waals surface area contributed by atoms with E-state index >= 15 is 0 Å². The van der Waals surface area contributed by atoms with Crippen LogP contribution >= 0.6 is 0 Å². The van der Waals surface area contributed by atoms with Gasteiger partial charge in [0.2, 0.25) is 0 Å². The molecule has 4 heteroatoms. The largest absolute Gasteiger partial charge is 0.469 e. The maximum atomic E-state index is 12.0. The monoisotopic (exact) mass is 282 g/mol. The lowest BCUT2D eigenvalue weighted by Crippen LogP contribution is -2.44. The Kier molecular flexibility index (Phi) is 6.80. The molecule has 0 amide bonds. The molecule has 2 unspecified atom stereocenters. The second-order valence-electron chi connectivity index (χ2n) is 6.33. The molecule has 0 spiro atoms. The third kappa shape index (κ3) is 4.74. The molecule has 0 bridgehead atoms. The molecule has 2 N–H and O–H groups in total.